The standard InChI is InChI=1S/C32H42N8O8S.Re/c33-47-48-49-28-11-9-25(10-12-28)37-30(42)22-40(24-32(45)46)18-17-39(23-31(43)44)21-29(41)36-15-5-6-16-38(19-26-7-1-3-13-34-26)20-27-8-2-4-14-35-27;/h1-4,7-14H,5-6,15-24,33H2,(H,36,41)(H,37,42)(H,43,44)(H,45,46);. The molecule has 0 fully saturated rings. The summed E-state index contributed by atoms with van der Waals surface area (Å²) in [4.78, 5) is 67.0. The molecule has 2 aromatic heterocycles. The van der Waals surface area contributed by atoms with Crippen LogP contribution in [-0.2, 0) is 62.0 Å². The molecule has 0 bridgehead atoms. The summed E-state index contributed by atoms with van der Waals surface area (Å²) < 4.78 is 4.57. The average Bonchev–Trinajstić information content (AvgIpc) is 3.07. The molecular formula is C32H42N8O8ReS. The van der Waals surface area contributed by atoms with Crippen molar-refractivity contribution in [1.82, 2.24) is 30.0 Å². The maximum atomic E-state index is 12.7. The van der Waals surface area contributed by atoms with E-state index in [1.807, 2.05) is 36.4 Å². The van der Waals surface area contributed by atoms with Crippen molar-refractivity contribution in [1.29, 1.82) is 0 Å². The van der Waals surface area contributed by atoms with E-state index in [9.17, 15) is 29.4 Å². The zero-order valence-corrected chi connectivity index (χ0v) is 30.9. The van der Waals surface area contributed by atoms with E-state index in [0.29, 0.717) is 36.6 Å². The molecule has 0 aliphatic carbocycles. The smallest absolute Gasteiger partial charge is 0.317 e. The molecular weight excluding hydrogens is 843 g/mol. The second-order valence-corrected chi connectivity index (χ2v) is 11.7. The zero-order chi connectivity index (χ0) is 35.3. The number of amides is 2. The van der Waals surface area contributed by atoms with Crippen molar-refractivity contribution >= 4 is 41.5 Å². The third kappa shape index (κ3) is 18.2. The summed E-state index contributed by atoms with van der Waals surface area (Å²) in [5.74, 6) is 1.70. The summed E-state index contributed by atoms with van der Waals surface area (Å²) in [6.45, 7) is 1.20. The van der Waals surface area contributed by atoms with E-state index in [0.717, 1.165) is 36.4 Å². The Morgan fingerprint density at radius 2 is 1.28 bits per heavy atom. The van der Waals surface area contributed by atoms with Gasteiger partial charge in [-0.2, -0.15) is 5.90 Å². The first-order valence-corrected chi connectivity index (χ1v) is 16.2. The summed E-state index contributed by atoms with van der Waals surface area (Å²) >= 11 is 0.876. The van der Waals surface area contributed by atoms with E-state index in [1.165, 1.54) is 9.80 Å². The molecule has 3 aromatic rings. The van der Waals surface area contributed by atoms with Gasteiger partial charge in [-0.3, -0.25) is 43.8 Å². The van der Waals surface area contributed by atoms with Crippen molar-refractivity contribution in [3.8, 4) is 0 Å². The summed E-state index contributed by atoms with van der Waals surface area (Å²) in [5.41, 5.74) is 2.36. The molecule has 2 amide bonds. The number of hydrogen-bond acceptors (Lipinski definition) is 13. The number of carboxylic acid groups (broad SMARTS) is 2. The number of nitrogens with zero attached hydrogens (tertiary/aromatic N) is 5. The predicted molar refractivity (Wildman–Crippen MR) is 180 cm³/mol. The van der Waals surface area contributed by atoms with Crippen LogP contribution in [0.1, 0.15) is 24.2 Å². The van der Waals surface area contributed by atoms with Gasteiger partial charge in [-0.15, -0.1) is 9.32 Å². The number of pyridine rings is 2. The van der Waals surface area contributed by atoms with E-state index in [1.54, 1.807) is 36.7 Å². The number of carboxylic acids is 2. The van der Waals surface area contributed by atoms with Crippen LogP contribution in [0.15, 0.2) is 78.0 Å². The minimum atomic E-state index is -1.16. The summed E-state index contributed by atoms with van der Waals surface area (Å²) in [7, 11) is 0. The number of unbranched alkanes of at least 4 members (excludes halogenated alkanes) is 1. The first-order valence-electron chi connectivity index (χ1n) is 15.5. The van der Waals surface area contributed by atoms with E-state index in [2.05, 4.69) is 34.8 Å². The van der Waals surface area contributed by atoms with Gasteiger partial charge in [-0.05, 0) is 67.9 Å². The van der Waals surface area contributed by atoms with E-state index in [4.69, 9.17) is 5.90 Å². The Morgan fingerprint density at radius 1 is 0.720 bits per heavy atom. The molecule has 18 heteroatoms. The van der Waals surface area contributed by atoms with Crippen LogP contribution >= 0.6 is 12.0 Å². The number of nitrogens with two attached hydrogens (primary N) is 1. The van der Waals surface area contributed by atoms with Crippen LogP contribution in [0.25, 0.3) is 0 Å². The molecule has 1 radical (unpaired) electrons. The van der Waals surface area contributed by atoms with Crippen LogP contribution in [0.3, 0.4) is 0 Å². The summed E-state index contributed by atoms with van der Waals surface area (Å²) in [6, 6.07) is 18.1. The second kappa shape index (κ2) is 24.3. The van der Waals surface area contributed by atoms with Crippen LogP contribution in [0.2, 0.25) is 0 Å². The monoisotopic (exact) mass is 885 g/mol. The molecule has 271 valence electrons. The average molecular weight is 885 g/mol. The van der Waals surface area contributed by atoms with E-state index in [-0.39, 0.29) is 52.5 Å². The number of carbonyl (C=O) groups excluding carboxylic acids is 2. The number of aromatic nitrogens is 2. The normalized spacial score (nSPS) is 11.0. The molecule has 0 unspecified atom stereocenters. The van der Waals surface area contributed by atoms with Crippen LogP contribution in [0.4, 0.5) is 5.69 Å². The number of nitrogens with one attached hydrogen (secondary N) is 2. The van der Waals surface area contributed by atoms with Crippen LogP contribution in [-0.4, -0.2) is 111 Å². The number of anilines is 1. The van der Waals surface area contributed by atoms with Gasteiger partial charge < -0.3 is 20.8 Å². The number of carbonyl (C=O) groups is 4. The first kappa shape index (κ1) is 42.3. The van der Waals surface area contributed by atoms with Crippen molar-refractivity contribution < 1.29 is 59.1 Å². The van der Waals surface area contributed by atoms with Crippen LogP contribution < -0.4 is 16.5 Å². The second-order valence-electron chi connectivity index (χ2n) is 10.9. The van der Waals surface area contributed by atoms with Gasteiger partial charge >= 0.3 is 11.9 Å². The minimum absolute atomic E-state index is 0. The largest absolute Gasteiger partial charge is 0.480 e. The van der Waals surface area contributed by atoms with Gasteiger partial charge in [0.1, 0.15) is 0 Å². The third-order valence-electron chi connectivity index (χ3n) is 6.94. The van der Waals surface area contributed by atoms with Gasteiger partial charge in [0.2, 0.25) is 11.8 Å². The van der Waals surface area contributed by atoms with Gasteiger partial charge in [-0.1, -0.05) is 12.1 Å². The number of aliphatic carboxylic acids is 2. The molecule has 3 rings (SSSR count). The third-order valence-corrected chi connectivity index (χ3v) is 7.55. The molecule has 0 spiro atoms. The Hall–Kier alpha value is -3.83. The molecule has 2 heterocycles. The topological polar surface area (TPSA) is 213 Å². The maximum absolute atomic E-state index is 12.7. The van der Waals surface area contributed by atoms with Gasteiger partial charge in [0.15, 0.2) is 0 Å². The first-order chi connectivity index (χ1) is 23.7. The Bertz CT molecular complexity index is 1410. The van der Waals surface area contributed by atoms with Crippen molar-refractivity contribution in [3.05, 3.63) is 84.4 Å². The Morgan fingerprint density at radius 3 is 1.78 bits per heavy atom. The fourth-order valence-corrected chi connectivity index (χ4v) is 5.12. The van der Waals surface area contributed by atoms with Crippen LogP contribution in [0, 0.1) is 0 Å². The Balaban J connectivity index is 0.00000867. The molecule has 0 saturated carbocycles. The summed E-state index contributed by atoms with van der Waals surface area (Å²) in [6.07, 6.45) is 5.02. The quantitative estimate of drug-likeness (QED) is 0.0375. The van der Waals surface area contributed by atoms with Crippen molar-refractivity contribution in [2.45, 2.75) is 30.8 Å². The molecule has 16 nitrogen and oxygen atoms in total. The van der Waals surface area contributed by atoms with Crippen molar-refractivity contribution in [2.24, 2.45) is 5.90 Å². The molecule has 0 atom stereocenters. The number of hydrogen-bond donors (Lipinski definition) is 5. The fraction of sp³-hybridized carbons (Fsp3) is 0.375. The predicted octanol–water partition coefficient (Wildman–Crippen LogP) is 1.61. The Labute approximate surface area is 308 Å². The molecule has 0 aliphatic heterocycles. The number of rotatable bonds is 24. The van der Waals surface area contributed by atoms with E-state index >= 15 is 0 Å². The molecule has 1 aromatic carbocycles. The molecule has 50 heavy (non-hydrogen) atoms. The van der Waals surface area contributed by atoms with E-state index < -0.39 is 30.9 Å². The van der Waals surface area contributed by atoms with Gasteiger partial charge in [0.25, 0.3) is 0 Å². The molecule has 0 aliphatic rings. The van der Waals surface area contributed by atoms with Gasteiger partial charge in [0, 0.05) is 76.1 Å². The zero-order valence-electron chi connectivity index (χ0n) is 27.4. The maximum Gasteiger partial charge on any atom is 0.317 e. The fourth-order valence-electron chi connectivity index (χ4n) is 4.75. The van der Waals surface area contributed by atoms with Gasteiger partial charge in [-0.25, -0.2) is 0 Å². The summed E-state index contributed by atoms with van der Waals surface area (Å²) in [5, 5.41) is 24.3. The SMILES string of the molecule is NOOSc1ccc(NC(=O)CN(CCN(CC(=O)O)CC(=O)NCCCCN(Cc2ccccn2)Cc2ccccn2)CC(=O)O)cc1.[Re]. The molecule has 6 N–H and O–H groups in total. The van der Waals surface area contributed by atoms with Crippen molar-refractivity contribution in [2.75, 3.05) is 57.7 Å². The number of benzene rings is 1. The van der Waals surface area contributed by atoms with Gasteiger partial charge in [0.05, 0.1) is 49.6 Å². The van der Waals surface area contributed by atoms with Crippen LogP contribution in [0.5, 0.6) is 0 Å². The minimum Gasteiger partial charge on any atom is -0.480 e. The molecule has 0 saturated heterocycles. The van der Waals surface area contributed by atoms with Crippen molar-refractivity contribution in [3.63, 3.8) is 0 Å². The Kier molecular flexibility index (Phi) is 20.6.